The van der Waals surface area contributed by atoms with Gasteiger partial charge in [-0.25, -0.2) is 5.43 Å². The molecule has 0 aliphatic carbocycles. The summed E-state index contributed by atoms with van der Waals surface area (Å²) >= 11 is 0. The van der Waals surface area contributed by atoms with Gasteiger partial charge in [0.1, 0.15) is 6.54 Å². The molecule has 1 atom stereocenters. The Bertz CT molecular complexity index is 882. The number of carbonyl (C=O) groups excluding carboxylic acids is 2. The van der Waals surface area contributed by atoms with Crippen molar-refractivity contribution >= 4 is 18.0 Å². The van der Waals surface area contributed by atoms with Crippen molar-refractivity contribution < 1.29 is 22.8 Å². The highest BCUT2D eigenvalue weighted by Gasteiger charge is 2.33. The van der Waals surface area contributed by atoms with Gasteiger partial charge in [0.05, 0.1) is 11.8 Å². The Hall–Kier alpha value is -3.16. The number of hydrogen-bond acceptors (Lipinski definition) is 3. The van der Waals surface area contributed by atoms with Crippen LogP contribution in [0.4, 0.5) is 13.2 Å². The highest BCUT2D eigenvalue weighted by atomic mass is 19.4. The van der Waals surface area contributed by atoms with Crippen LogP contribution in [0.3, 0.4) is 0 Å². The SMILES string of the molecule is O=C(CN1C[C@H](c2ccccc2)CC1=O)N/N=C\c1ccccc1C(F)(F)F. The summed E-state index contributed by atoms with van der Waals surface area (Å²) < 4.78 is 38.8. The maximum absolute atomic E-state index is 12.9. The van der Waals surface area contributed by atoms with Gasteiger partial charge in [-0.05, 0) is 11.6 Å². The summed E-state index contributed by atoms with van der Waals surface area (Å²) in [5, 5.41) is 3.60. The lowest BCUT2D eigenvalue weighted by molar-refractivity contribution is -0.137. The van der Waals surface area contributed by atoms with E-state index >= 15 is 0 Å². The molecule has 1 aliphatic rings. The molecule has 2 aromatic rings. The molecule has 1 fully saturated rings. The predicted molar refractivity (Wildman–Crippen MR) is 97.6 cm³/mol. The van der Waals surface area contributed by atoms with E-state index in [1.54, 1.807) is 0 Å². The zero-order chi connectivity index (χ0) is 20.1. The van der Waals surface area contributed by atoms with E-state index in [0.717, 1.165) is 17.8 Å². The number of hydrogen-bond donors (Lipinski definition) is 1. The van der Waals surface area contributed by atoms with Gasteiger partial charge < -0.3 is 4.90 Å². The Morgan fingerprint density at radius 3 is 2.54 bits per heavy atom. The lowest BCUT2D eigenvalue weighted by Gasteiger charge is -2.15. The molecular formula is C20H18F3N3O2. The summed E-state index contributed by atoms with van der Waals surface area (Å²) in [6.07, 6.45) is -3.25. The Balaban J connectivity index is 1.57. The smallest absolute Gasteiger partial charge is 0.333 e. The first-order valence-electron chi connectivity index (χ1n) is 8.65. The number of nitrogens with zero attached hydrogens (tertiary/aromatic N) is 2. The molecule has 1 heterocycles. The standard InChI is InChI=1S/C20H18F3N3O2/c21-20(22,23)17-9-5-4-8-15(17)11-24-25-18(27)13-26-12-16(10-19(26)28)14-6-2-1-3-7-14/h1-9,11,16H,10,12-13H2,(H,25,27)/b24-11-/t16-/m1/s1. The molecule has 2 amide bonds. The van der Waals surface area contributed by atoms with Crippen molar-refractivity contribution in [3.05, 3.63) is 71.3 Å². The van der Waals surface area contributed by atoms with Crippen LogP contribution in [0.5, 0.6) is 0 Å². The number of rotatable bonds is 5. The van der Waals surface area contributed by atoms with Crippen LogP contribution in [0.1, 0.15) is 29.0 Å². The van der Waals surface area contributed by atoms with Gasteiger partial charge >= 0.3 is 6.18 Å². The van der Waals surface area contributed by atoms with Gasteiger partial charge in [-0.1, -0.05) is 48.5 Å². The molecule has 0 radical (unpaired) electrons. The quantitative estimate of drug-likeness (QED) is 0.631. The van der Waals surface area contributed by atoms with Gasteiger partial charge in [-0.15, -0.1) is 0 Å². The highest BCUT2D eigenvalue weighted by molar-refractivity contribution is 5.88. The molecule has 8 heteroatoms. The summed E-state index contributed by atoms with van der Waals surface area (Å²) in [4.78, 5) is 25.6. The van der Waals surface area contributed by atoms with Crippen LogP contribution in [0, 0.1) is 0 Å². The zero-order valence-electron chi connectivity index (χ0n) is 14.8. The van der Waals surface area contributed by atoms with Gasteiger partial charge in [0, 0.05) is 24.4 Å². The molecule has 5 nitrogen and oxygen atoms in total. The molecule has 0 saturated carbocycles. The van der Waals surface area contributed by atoms with Crippen molar-refractivity contribution in [2.45, 2.75) is 18.5 Å². The molecule has 0 unspecified atom stereocenters. The molecular weight excluding hydrogens is 371 g/mol. The molecule has 146 valence electrons. The van der Waals surface area contributed by atoms with Crippen LogP contribution in [-0.4, -0.2) is 36.0 Å². The van der Waals surface area contributed by atoms with Gasteiger partial charge in [0.25, 0.3) is 5.91 Å². The van der Waals surface area contributed by atoms with Gasteiger partial charge in [0.2, 0.25) is 5.91 Å². The molecule has 1 aliphatic heterocycles. The van der Waals surface area contributed by atoms with Crippen molar-refractivity contribution in [1.29, 1.82) is 0 Å². The van der Waals surface area contributed by atoms with E-state index in [1.807, 2.05) is 30.3 Å². The number of alkyl halides is 3. The third-order valence-corrected chi connectivity index (χ3v) is 4.48. The van der Waals surface area contributed by atoms with Crippen LogP contribution in [0.2, 0.25) is 0 Å². The first-order chi connectivity index (χ1) is 13.3. The third kappa shape index (κ3) is 4.76. The topological polar surface area (TPSA) is 61.8 Å². The van der Waals surface area contributed by atoms with E-state index in [0.29, 0.717) is 13.0 Å². The number of likely N-dealkylation sites (tertiary alicyclic amines) is 1. The largest absolute Gasteiger partial charge is 0.417 e. The van der Waals surface area contributed by atoms with E-state index in [9.17, 15) is 22.8 Å². The number of benzene rings is 2. The van der Waals surface area contributed by atoms with Crippen LogP contribution >= 0.6 is 0 Å². The van der Waals surface area contributed by atoms with Crippen molar-refractivity contribution in [2.24, 2.45) is 5.10 Å². The fraction of sp³-hybridized carbons (Fsp3) is 0.250. The van der Waals surface area contributed by atoms with Crippen LogP contribution < -0.4 is 5.43 Å². The monoisotopic (exact) mass is 389 g/mol. The number of carbonyl (C=O) groups is 2. The second kappa shape index (κ2) is 8.24. The maximum atomic E-state index is 12.9. The summed E-state index contributed by atoms with van der Waals surface area (Å²) in [5.74, 6) is -0.693. The van der Waals surface area contributed by atoms with E-state index in [2.05, 4.69) is 10.5 Å². The minimum atomic E-state index is -4.51. The predicted octanol–water partition coefficient (Wildman–Crippen LogP) is 3.17. The summed E-state index contributed by atoms with van der Waals surface area (Å²) in [7, 11) is 0. The lowest BCUT2D eigenvalue weighted by atomic mass is 9.99. The minimum absolute atomic E-state index is 0.0173. The number of nitrogens with one attached hydrogen (secondary N) is 1. The van der Waals surface area contributed by atoms with Crippen LogP contribution in [-0.2, 0) is 15.8 Å². The average Bonchev–Trinajstić information content (AvgIpc) is 3.02. The fourth-order valence-corrected chi connectivity index (χ4v) is 3.12. The van der Waals surface area contributed by atoms with Gasteiger partial charge in [0.15, 0.2) is 0 Å². The van der Waals surface area contributed by atoms with E-state index in [-0.39, 0.29) is 23.9 Å². The molecule has 1 saturated heterocycles. The number of halogens is 3. The van der Waals surface area contributed by atoms with Crippen molar-refractivity contribution in [3.8, 4) is 0 Å². The molecule has 0 spiro atoms. The Kier molecular flexibility index (Phi) is 5.77. The number of amides is 2. The lowest BCUT2D eigenvalue weighted by Crippen LogP contribution is -2.36. The van der Waals surface area contributed by atoms with E-state index in [4.69, 9.17) is 0 Å². The van der Waals surface area contributed by atoms with Crippen LogP contribution in [0.15, 0.2) is 59.7 Å². The van der Waals surface area contributed by atoms with Crippen molar-refractivity contribution in [1.82, 2.24) is 10.3 Å². The molecule has 1 N–H and O–H groups in total. The second-order valence-corrected chi connectivity index (χ2v) is 6.46. The summed E-state index contributed by atoms with van der Waals surface area (Å²) in [6, 6.07) is 14.5. The number of hydrazone groups is 1. The Morgan fingerprint density at radius 2 is 1.82 bits per heavy atom. The Labute approximate surface area is 159 Å². The summed E-state index contributed by atoms with van der Waals surface area (Å²) in [5.41, 5.74) is 2.21. The molecule has 0 bridgehead atoms. The van der Waals surface area contributed by atoms with Gasteiger partial charge in [-0.3, -0.25) is 9.59 Å². The third-order valence-electron chi connectivity index (χ3n) is 4.48. The van der Waals surface area contributed by atoms with Crippen LogP contribution in [0.25, 0.3) is 0 Å². The second-order valence-electron chi connectivity index (χ2n) is 6.46. The molecule has 28 heavy (non-hydrogen) atoms. The van der Waals surface area contributed by atoms with Crippen molar-refractivity contribution in [3.63, 3.8) is 0 Å². The average molecular weight is 389 g/mol. The van der Waals surface area contributed by atoms with Gasteiger partial charge in [-0.2, -0.15) is 18.3 Å². The fourth-order valence-electron chi connectivity index (χ4n) is 3.12. The first kappa shape index (κ1) is 19.6. The molecule has 3 rings (SSSR count). The van der Waals surface area contributed by atoms with E-state index < -0.39 is 17.6 Å². The first-order valence-corrected chi connectivity index (χ1v) is 8.65. The van der Waals surface area contributed by atoms with Crippen molar-refractivity contribution in [2.75, 3.05) is 13.1 Å². The zero-order valence-corrected chi connectivity index (χ0v) is 14.8. The molecule has 2 aromatic carbocycles. The molecule has 0 aromatic heterocycles. The Morgan fingerprint density at radius 1 is 1.14 bits per heavy atom. The highest BCUT2D eigenvalue weighted by Crippen LogP contribution is 2.31. The normalized spacial score (nSPS) is 17.3. The van der Waals surface area contributed by atoms with E-state index in [1.165, 1.54) is 23.1 Å². The minimum Gasteiger partial charge on any atom is -0.333 e. The maximum Gasteiger partial charge on any atom is 0.417 e. The summed E-state index contributed by atoms with van der Waals surface area (Å²) in [6.45, 7) is 0.220.